The van der Waals surface area contributed by atoms with E-state index in [4.69, 9.17) is 4.98 Å². The number of para-hydroxylation sites is 3. The van der Waals surface area contributed by atoms with Gasteiger partial charge in [-0.15, -0.1) is 0 Å². The Morgan fingerprint density at radius 1 is 0.643 bits per heavy atom. The van der Waals surface area contributed by atoms with Crippen LogP contribution in [0.15, 0.2) is 116 Å². The van der Waals surface area contributed by atoms with Crippen molar-refractivity contribution in [1.29, 1.82) is 0 Å². The predicted octanol–water partition coefficient (Wildman–Crippen LogP) is 6.96. The summed E-state index contributed by atoms with van der Waals surface area (Å²) in [6.07, 6.45) is 3.62. The maximum absolute atomic E-state index is 4.76. The van der Waals surface area contributed by atoms with Gasteiger partial charge in [0.2, 0.25) is 0 Å². The van der Waals surface area contributed by atoms with Crippen molar-refractivity contribution in [3.63, 3.8) is 0 Å². The molecular weight excluding hydrogens is 511 g/mol. The molecule has 0 radical (unpaired) electrons. The average molecular weight is 536 g/mol. The third-order valence-electron chi connectivity index (χ3n) is 9.89. The molecule has 0 amide bonds. The number of aromatic nitrogens is 4. The molecule has 3 aromatic heterocycles. The summed E-state index contributed by atoms with van der Waals surface area (Å²) in [4.78, 5) is 9.19. The van der Waals surface area contributed by atoms with Crippen molar-refractivity contribution in [3.05, 3.63) is 127 Å². The van der Waals surface area contributed by atoms with Crippen molar-refractivity contribution < 1.29 is 0 Å². The van der Waals surface area contributed by atoms with E-state index in [0.717, 1.165) is 11.0 Å². The van der Waals surface area contributed by atoms with Gasteiger partial charge in [0, 0.05) is 38.3 Å². The molecule has 0 atom stereocenters. The molecule has 5 aromatic carbocycles. The van der Waals surface area contributed by atoms with Gasteiger partial charge in [0.25, 0.3) is 0 Å². The predicted molar refractivity (Wildman–Crippen MR) is 174 cm³/mol. The highest BCUT2D eigenvalue weighted by molar-refractivity contribution is 6.88. The molecule has 2 aliphatic rings. The number of benzene rings is 5. The standard InChI is InChI=1S/C37H25BN4/c1-37(2)27-13-5-3-10-22(27)24-18-19-25-23-11-4-7-16-30(23)42(36(25)33(24)37)38-28-14-6-8-17-31(28)41-32-20-39-21-40-34(32)26-12-9-15-29(38)35(26)41/h3-21H,1-2H3. The summed E-state index contributed by atoms with van der Waals surface area (Å²) in [5, 5.41) is 3.78. The van der Waals surface area contributed by atoms with E-state index in [0.29, 0.717) is 0 Å². The van der Waals surface area contributed by atoms with E-state index in [2.05, 4.69) is 131 Å². The third-order valence-corrected chi connectivity index (χ3v) is 9.89. The van der Waals surface area contributed by atoms with E-state index in [1.807, 2.05) is 6.20 Å². The second-order valence-electron chi connectivity index (χ2n) is 12.2. The van der Waals surface area contributed by atoms with E-state index >= 15 is 0 Å². The molecular formula is C37H25BN4. The minimum Gasteiger partial charge on any atom is -0.376 e. The van der Waals surface area contributed by atoms with Gasteiger partial charge in [-0.2, -0.15) is 0 Å². The fourth-order valence-electron chi connectivity index (χ4n) is 8.27. The Morgan fingerprint density at radius 3 is 2.38 bits per heavy atom. The summed E-state index contributed by atoms with van der Waals surface area (Å²) in [5.41, 5.74) is 15.0. The first kappa shape index (κ1) is 22.5. The molecule has 196 valence electrons. The molecule has 4 heterocycles. The summed E-state index contributed by atoms with van der Waals surface area (Å²) in [7, 11) is 0. The quantitative estimate of drug-likeness (QED) is 0.213. The van der Waals surface area contributed by atoms with Gasteiger partial charge < -0.3 is 9.05 Å². The lowest BCUT2D eigenvalue weighted by Crippen LogP contribution is -2.53. The van der Waals surface area contributed by atoms with Gasteiger partial charge >= 0.3 is 6.85 Å². The smallest absolute Gasteiger partial charge is 0.332 e. The maximum Gasteiger partial charge on any atom is 0.332 e. The Hall–Kier alpha value is -5.16. The third kappa shape index (κ3) is 2.52. The first-order valence-corrected chi connectivity index (χ1v) is 14.6. The SMILES string of the molecule is CC1(C)c2ccccc2-c2ccc3c4ccccc4n(B4c5ccccc5-n5c6cncnc6c6cccc4c65)c3c21. The molecule has 10 rings (SSSR count). The van der Waals surface area contributed by atoms with Crippen LogP contribution in [0.5, 0.6) is 0 Å². The van der Waals surface area contributed by atoms with Crippen LogP contribution in [0.25, 0.3) is 60.6 Å². The highest BCUT2D eigenvalue weighted by Gasteiger charge is 2.41. The van der Waals surface area contributed by atoms with Crippen LogP contribution in [0.2, 0.25) is 0 Å². The molecule has 0 saturated heterocycles. The zero-order valence-corrected chi connectivity index (χ0v) is 23.3. The van der Waals surface area contributed by atoms with E-state index in [1.165, 1.54) is 71.6 Å². The van der Waals surface area contributed by atoms with Crippen LogP contribution in [-0.4, -0.2) is 25.9 Å². The number of rotatable bonds is 1. The fourth-order valence-corrected chi connectivity index (χ4v) is 8.27. The highest BCUT2D eigenvalue weighted by atomic mass is 15.0. The van der Waals surface area contributed by atoms with E-state index < -0.39 is 0 Å². The molecule has 0 fully saturated rings. The first-order valence-electron chi connectivity index (χ1n) is 14.6. The van der Waals surface area contributed by atoms with Crippen LogP contribution < -0.4 is 10.9 Å². The Balaban J connectivity index is 1.43. The van der Waals surface area contributed by atoms with Gasteiger partial charge in [-0.3, -0.25) is 0 Å². The van der Waals surface area contributed by atoms with Crippen LogP contribution >= 0.6 is 0 Å². The highest BCUT2D eigenvalue weighted by Crippen LogP contribution is 2.52. The van der Waals surface area contributed by atoms with Gasteiger partial charge in [0.05, 0.1) is 22.7 Å². The zero-order valence-electron chi connectivity index (χ0n) is 23.3. The summed E-state index contributed by atoms with van der Waals surface area (Å²) >= 11 is 0. The molecule has 4 nitrogen and oxygen atoms in total. The minimum atomic E-state index is -0.137. The van der Waals surface area contributed by atoms with Crippen molar-refractivity contribution in [2.45, 2.75) is 19.3 Å². The van der Waals surface area contributed by atoms with Crippen molar-refractivity contribution >= 4 is 61.5 Å². The van der Waals surface area contributed by atoms with Crippen molar-refractivity contribution in [1.82, 2.24) is 19.0 Å². The summed E-state index contributed by atoms with van der Waals surface area (Å²) in [6, 6.07) is 38.2. The second kappa shape index (κ2) is 7.57. The Morgan fingerprint density at radius 2 is 1.43 bits per heavy atom. The van der Waals surface area contributed by atoms with Crippen LogP contribution in [-0.2, 0) is 5.41 Å². The van der Waals surface area contributed by atoms with Crippen molar-refractivity contribution in [2.24, 2.45) is 0 Å². The molecule has 8 aromatic rings. The average Bonchev–Trinajstić information content (AvgIpc) is 3.63. The first-order chi connectivity index (χ1) is 20.6. The van der Waals surface area contributed by atoms with E-state index in [-0.39, 0.29) is 12.3 Å². The molecule has 42 heavy (non-hydrogen) atoms. The van der Waals surface area contributed by atoms with Crippen LogP contribution in [0, 0.1) is 0 Å². The van der Waals surface area contributed by atoms with Crippen LogP contribution in [0.4, 0.5) is 0 Å². The summed E-state index contributed by atoms with van der Waals surface area (Å²) in [6.45, 7) is 4.78. The summed E-state index contributed by atoms with van der Waals surface area (Å²) in [5.74, 6) is 0. The van der Waals surface area contributed by atoms with E-state index in [1.54, 1.807) is 6.33 Å². The molecule has 0 bridgehead atoms. The number of fused-ring (bicyclic) bond motifs is 12. The maximum atomic E-state index is 4.76. The molecule has 0 unspecified atom stereocenters. The Bertz CT molecular complexity index is 2460. The molecule has 0 saturated carbocycles. The topological polar surface area (TPSA) is 35.6 Å². The molecule has 0 N–H and O–H groups in total. The number of nitrogens with zero attached hydrogens (tertiary/aromatic N) is 4. The lowest BCUT2D eigenvalue weighted by molar-refractivity contribution is 0.664. The van der Waals surface area contributed by atoms with Gasteiger partial charge in [0.15, 0.2) is 0 Å². The van der Waals surface area contributed by atoms with Gasteiger partial charge in [-0.25, -0.2) is 9.97 Å². The Labute approximate surface area is 243 Å². The van der Waals surface area contributed by atoms with Crippen LogP contribution in [0.3, 0.4) is 0 Å². The van der Waals surface area contributed by atoms with Crippen LogP contribution in [0.1, 0.15) is 25.0 Å². The molecule has 5 heteroatoms. The largest absolute Gasteiger partial charge is 0.376 e. The number of hydrogen-bond donors (Lipinski definition) is 0. The second-order valence-corrected chi connectivity index (χ2v) is 12.2. The molecule has 0 spiro atoms. The zero-order chi connectivity index (χ0) is 27.7. The van der Waals surface area contributed by atoms with Crippen molar-refractivity contribution in [3.8, 4) is 16.8 Å². The van der Waals surface area contributed by atoms with Gasteiger partial charge in [0.1, 0.15) is 6.33 Å². The molecule has 1 aliphatic carbocycles. The summed E-state index contributed by atoms with van der Waals surface area (Å²) < 4.78 is 5.03. The fraction of sp³-hybridized carbons (Fsp3) is 0.0811. The normalized spacial score (nSPS) is 14.6. The monoisotopic (exact) mass is 536 g/mol. The van der Waals surface area contributed by atoms with Crippen molar-refractivity contribution in [2.75, 3.05) is 0 Å². The van der Waals surface area contributed by atoms with Gasteiger partial charge in [-0.1, -0.05) is 105 Å². The lowest BCUT2D eigenvalue weighted by Gasteiger charge is -2.30. The lowest BCUT2D eigenvalue weighted by atomic mass is 9.48. The van der Waals surface area contributed by atoms with Gasteiger partial charge in [-0.05, 0) is 45.3 Å². The van der Waals surface area contributed by atoms with E-state index in [9.17, 15) is 0 Å². The number of hydrogen-bond acceptors (Lipinski definition) is 2. The minimum absolute atomic E-state index is 0.0110. The molecule has 1 aliphatic heterocycles. The Kier molecular flexibility index (Phi) is 4.06.